The Labute approximate surface area is 115 Å². The molecule has 1 aromatic heterocycles. The van der Waals surface area contributed by atoms with Crippen LogP contribution in [0.5, 0.6) is 0 Å². The SMILES string of the molecule is CCNC(C)c1nnc(NC2CCCC(C)C2C)o1. The second kappa shape index (κ2) is 6.37. The largest absolute Gasteiger partial charge is 0.406 e. The number of aromatic nitrogens is 2. The predicted molar refractivity (Wildman–Crippen MR) is 76.0 cm³/mol. The molecule has 5 nitrogen and oxygen atoms in total. The Kier molecular flexibility index (Phi) is 4.80. The van der Waals surface area contributed by atoms with Crippen molar-refractivity contribution in [1.29, 1.82) is 0 Å². The van der Waals surface area contributed by atoms with Gasteiger partial charge in [0.25, 0.3) is 0 Å². The number of hydrogen-bond donors (Lipinski definition) is 2. The van der Waals surface area contributed by atoms with Crippen molar-refractivity contribution in [2.75, 3.05) is 11.9 Å². The summed E-state index contributed by atoms with van der Waals surface area (Å²) in [5.41, 5.74) is 0. The van der Waals surface area contributed by atoms with E-state index in [2.05, 4.69) is 41.6 Å². The third kappa shape index (κ3) is 3.47. The highest BCUT2D eigenvalue weighted by Gasteiger charge is 2.28. The minimum Gasteiger partial charge on any atom is -0.406 e. The van der Waals surface area contributed by atoms with Gasteiger partial charge < -0.3 is 15.1 Å². The van der Waals surface area contributed by atoms with Gasteiger partial charge in [-0.1, -0.05) is 38.7 Å². The summed E-state index contributed by atoms with van der Waals surface area (Å²) in [6.45, 7) is 9.62. The van der Waals surface area contributed by atoms with E-state index in [0.717, 1.165) is 12.5 Å². The molecule has 108 valence electrons. The van der Waals surface area contributed by atoms with Crippen molar-refractivity contribution in [2.24, 2.45) is 11.8 Å². The summed E-state index contributed by atoms with van der Waals surface area (Å²) in [6.07, 6.45) is 3.79. The van der Waals surface area contributed by atoms with Crippen LogP contribution in [-0.4, -0.2) is 22.8 Å². The molecule has 1 aliphatic rings. The number of anilines is 1. The molecule has 0 bridgehead atoms. The fraction of sp³-hybridized carbons (Fsp3) is 0.857. The number of nitrogens with zero attached hydrogens (tertiary/aromatic N) is 2. The first-order valence-electron chi connectivity index (χ1n) is 7.45. The van der Waals surface area contributed by atoms with Crippen molar-refractivity contribution in [3.63, 3.8) is 0 Å². The van der Waals surface area contributed by atoms with Crippen LogP contribution in [-0.2, 0) is 0 Å². The van der Waals surface area contributed by atoms with Crippen LogP contribution in [0, 0.1) is 11.8 Å². The fourth-order valence-electron chi connectivity index (χ4n) is 2.81. The van der Waals surface area contributed by atoms with Crippen LogP contribution in [0.4, 0.5) is 6.01 Å². The fourth-order valence-corrected chi connectivity index (χ4v) is 2.81. The van der Waals surface area contributed by atoms with Crippen LogP contribution in [0.15, 0.2) is 4.42 Å². The van der Waals surface area contributed by atoms with Gasteiger partial charge >= 0.3 is 6.01 Å². The van der Waals surface area contributed by atoms with E-state index in [1.807, 2.05) is 6.92 Å². The maximum absolute atomic E-state index is 5.69. The van der Waals surface area contributed by atoms with E-state index < -0.39 is 0 Å². The van der Waals surface area contributed by atoms with Gasteiger partial charge in [0.05, 0.1) is 6.04 Å². The summed E-state index contributed by atoms with van der Waals surface area (Å²) in [6, 6.07) is 1.12. The van der Waals surface area contributed by atoms with Crippen molar-refractivity contribution in [3.8, 4) is 0 Å². The molecule has 1 aromatic rings. The minimum atomic E-state index is 0.107. The summed E-state index contributed by atoms with van der Waals surface area (Å²) in [5, 5.41) is 14.9. The average Bonchev–Trinajstić information content (AvgIpc) is 2.84. The van der Waals surface area contributed by atoms with E-state index in [0.29, 0.717) is 23.9 Å². The van der Waals surface area contributed by atoms with E-state index in [1.54, 1.807) is 0 Å². The third-order valence-electron chi connectivity index (χ3n) is 4.34. The molecule has 0 saturated heterocycles. The van der Waals surface area contributed by atoms with Gasteiger partial charge in [0, 0.05) is 6.04 Å². The van der Waals surface area contributed by atoms with Crippen molar-refractivity contribution < 1.29 is 4.42 Å². The topological polar surface area (TPSA) is 63.0 Å². The van der Waals surface area contributed by atoms with Gasteiger partial charge in [-0.15, -0.1) is 5.10 Å². The normalized spacial score (nSPS) is 29.2. The van der Waals surface area contributed by atoms with E-state index in [-0.39, 0.29) is 6.04 Å². The Bertz CT molecular complexity index is 393. The molecular weight excluding hydrogens is 240 g/mol. The zero-order chi connectivity index (χ0) is 13.8. The van der Waals surface area contributed by atoms with Crippen LogP contribution in [0.3, 0.4) is 0 Å². The first-order valence-corrected chi connectivity index (χ1v) is 7.45. The molecular formula is C14H26N4O. The summed E-state index contributed by atoms with van der Waals surface area (Å²) < 4.78 is 5.69. The molecule has 1 saturated carbocycles. The molecule has 2 N–H and O–H groups in total. The van der Waals surface area contributed by atoms with Crippen LogP contribution in [0.25, 0.3) is 0 Å². The lowest BCUT2D eigenvalue weighted by molar-refractivity contribution is 0.249. The first kappa shape index (κ1) is 14.3. The first-order chi connectivity index (χ1) is 9.11. The van der Waals surface area contributed by atoms with Gasteiger partial charge in [-0.2, -0.15) is 0 Å². The minimum absolute atomic E-state index is 0.107. The highest BCUT2D eigenvalue weighted by atomic mass is 16.4. The zero-order valence-electron chi connectivity index (χ0n) is 12.4. The molecule has 4 atom stereocenters. The van der Waals surface area contributed by atoms with Crippen LogP contribution in [0.2, 0.25) is 0 Å². The maximum atomic E-state index is 5.69. The third-order valence-corrected chi connectivity index (χ3v) is 4.34. The number of hydrogen-bond acceptors (Lipinski definition) is 5. The van der Waals surface area contributed by atoms with Gasteiger partial charge in [-0.3, -0.25) is 0 Å². The molecule has 0 amide bonds. The van der Waals surface area contributed by atoms with Crippen LogP contribution in [0.1, 0.15) is 58.9 Å². The Balaban J connectivity index is 1.95. The lowest BCUT2D eigenvalue weighted by atomic mass is 9.78. The summed E-state index contributed by atoms with van der Waals surface area (Å²) >= 11 is 0. The molecule has 19 heavy (non-hydrogen) atoms. The molecule has 1 aliphatic carbocycles. The Hall–Kier alpha value is -1.10. The molecule has 5 heteroatoms. The van der Waals surface area contributed by atoms with E-state index in [4.69, 9.17) is 4.42 Å². The quantitative estimate of drug-likeness (QED) is 0.858. The van der Waals surface area contributed by atoms with E-state index in [9.17, 15) is 0 Å². The van der Waals surface area contributed by atoms with E-state index in [1.165, 1.54) is 19.3 Å². The van der Waals surface area contributed by atoms with Gasteiger partial charge in [-0.25, -0.2) is 0 Å². The highest BCUT2D eigenvalue weighted by Crippen LogP contribution is 2.31. The Morgan fingerprint density at radius 1 is 1.32 bits per heavy atom. The number of rotatable bonds is 5. The summed E-state index contributed by atoms with van der Waals surface area (Å²) in [7, 11) is 0. The summed E-state index contributed by atoms with van der Waals surface area (Å²) in [5.74, 6) is 2.06. The second-order valence-corrected chi connectivity index (χ2v) is 5.74. The molecule has 1 fully saturated rings. The Morgan fingerprint density at radius 3 is 2.84 bits per heavy atom. The monoisotopic (exact) mass is 266 g/mol. The predicted octanol–water partition coefficient (Wildman–Crippen LogP) is 2.98. The lowest BCUT2D eigenvalue weighted by Gasteiger charge is -2.33. The van der Waals surface area contributed by atoms with Crippen molar-refractivity contribution in [3.05, 3.63) is 5.89 Å². The maximum Gasteiger partial charge on any atom is 0.315 e. The van der Waals surface area contributed by atoms with Gasteiger partial charge in [0.2, 0.25) is 5.89 Å². The van der Waals surface area contributed by atoms with Crippen LogP contribution >= 0.6 is 0 Å². The molecule has 0 aromatic carbocycles. The molecule has 4 unspecified atom stereocenters. The molecule has 1 heterocycles. The van der Waals surface area contributed by atoms with Crippen molar-refractivity contribution >= 4 is 6.01 Å². The van der Waals surface area contributed by atoms with Gasteiger partial charge in [0.1, 0.15) is 0 Å². The smallest absolute Gasteiger partial charge is 0.315 e. The van der Waals surface area contributed by atoms with Gasteiger partial charge in [-0.05, 0) is 31.7 Å². The number of nitrogens with one attached hydrogen (secondary N) is 2. The van der Waals surface area contributed by atoms with E-state index >= 15 is 0 Å². The molecule has 2 rings (SSSR count). The van der Waals surface area contributed by atoms with Gasteiger partial charge in [0.15, 0.2) is 0 Å². The molecule has 0 radical (unpaired) electrons. The average molecular weight is 266 g/mol. The molecule has 0 spiro atoms. The zero-order valence-corrected chi connectivity index (χ0v) is 12.4. The van der Waals surface area contributed by atoms with Crippen molar-refractivity contribution in [2.45, 2.75) is 59.0 Å². The van der Waals surface area contributed by atoms with Crippen molar-refractivity contribution in [1.82, 2.24) is 15.5 Å². The standard InChI is InChI=1S/C14H26N4O/c1-5-15-11(4)13-17-18-14(19-13)16-12-8-6-7-9(2)10(12)3/h9-12,15H,5-8H2,1-4H3,(H,16,18). The lowest BCUT2D eigenvalue weighted by Crippen LogP contribution is -2.35. The van der Waals surface area contributed by atoms with Crippen LogP contribution < -0.4 is 10.6 Å². The summed E-state index contributed by atoms with van der Waals surface area (Å²) in [4.78, 5) is 0. The Morgan fingerprint density at radius 2 is 2.11 bits per heavy atom. The second-order valence-electron chi connectivity index (χ2n) is 5.74. The highest BCUT2D eigenvalue weighted by molar-refractivity contribution is 5.21. The molecule has 0 aliphatic heterocycles.